The van der Waals surface area contributed by atoms with Crippen LogP contribution in [0.3, 0.4) is 0 Å². The van der Waals surface area contributed by atoms with Crippen molar-refractivity contribution in [2.75, 3.05) is 6.26 Å². The van der Waals surface area contributed by atoms with Crippen molar-refractivity contribution in [1.29, 1.82) is 5.26 Å². The molecule has 20 heavy (non-hydrogen) atoms. The number of aromatic nitrogens is 2. The molecule has 0 bridgehead atoms. The van der Waals surface area contributed by atoms with E-state index in [9.17, 15) is 5.26 Å². The highest BCUT2D eigenvalue weighted by molar-refractivity contribution is 7.99. The Bertz CT molecular complexity index is 674. The fourth-order valence-corrected chi connectivity index (χ4v) is 4.36. The molecule has 2 aromatic rings. The van der Waals surface area contributed by atoms with Gasteiger partial charge < -0.3 is 4.57 Å². The fourth-order valence-electron chi connectivity index (χ4n) is 3.20. The monoisotopic (exact) mass is 305 g/mol. The highest BCUT2D eigenvalue weighted by Gasteiger charge is 2.31. The summed E-state index contributed by atoms with van der Waals surface area (Å²) >= 11 is 8.02. The Morgan fingerprint density at radius 2 is 2.35 bits per heavy atom. The van der Waals surface area contributed by atoms with Crippen LogP contribution in [0.25, 0.3) is 11.0 Å². The van der Waals surface area contributed by atoms with Crippen LogP contribution in [-0.2, 0) is 5.88 Å². The summed E-state index contributed by atoms with van der Waals surface area (Å²) in [5.74, 6) is 1.27. The number of nitrogens with zero attached hydrogens (tertiary/aromatic N) is 3. The molecule has 0 radical (unpaired) electrons. The van der Waals surface area contributed by atoms with Crippen LogP contribution < -0.4 is 0 Å². The Morgan fingerprint density at radius 1 is 1.50 bits per heavy atom. The first-order chi connectivity index (χ1) is 9.80. The van der Waals surface area contributed by atoms with Gasteiger partial charge in [0.15, 0.2) is 0 Å². The summed E-state index contributed by atoms with van der Waals surface area (Å²) in [6, 6.07) is 8.47. The molecule has 3 nitrogen and oxygen atoms in total. The van der Waals surface area contributed by atoms with Crippen molar-refractivity contribution >= 4 is 34.4 Å². The predicted molar refractivity (Wildman–Crippen MR) is 84.2 cm³/mol. The molecule has 1 aromatic carbocycles. The molecule has 0 saturated heterocycles. The number of imidazole rings is 1. The quantitative estimate of drug-likeness (QED) is 0.802. The Kier molecular flexibility index (Phi) is 3.91. The zero-order valence-electron chi connectivity index (χ0n) is 11.3. The van der Waals surface area contributed by atoms with E-state index >= 15 is 0 Å². The normalized spacial score (nSPS) is 22.2. The first kappa shape index (κ1) is 13.8. The van der Waals surface area contributed by atoms with Gasteiger partial charge in [-0.3, -0.25) is 0 Å². The molecule has 0 aliphatic heterocycles. The fraction of sp³-hybridized carbons (Fsp3) is 0.467. The molecule has 2 atom stereocenters. The zero-order valence-corrected chi connectivity index (χ0v) is 12.9. The van der Waals surface area contributed by atoms with Crippen molar-refractivity contribution < 1.29 is 0 Å². The summed E-state index contributed by atoms with van der Waals surface area (Å²) < 4.78 is 2.28. The molecule has 104 valence electrons. The number of alkyl halides is 1. The molecule has 0 spiro atoms. The minimum Gasteiger partial charge on any atom is -0.323 e. The molecular formula is C15H16ClN3S. The number of para-hydroxylation sites is 1. The summed E-state index contributed by atoms with van der Waals surface area (Å²) in [5, 5.41) is 9.85. The summed E-state index contributed by atoms with van der Waals surface area (Å²) in [5.41, 5.74) is 2.47. The van der Waals surface area contributed by atoms with Crippen molar-refractivity contribution in [2.24, 2.45) is 0 Å². The second-order valence-electron chi connectivity index (χ2n) is 5.09. The third kappa shape index (κ3) is 2.10. The van der Waals surface area contributed by atoms with Gasteiger partial charge in [-0.1, -0.05) is 12.5 Å². The van der Waals surface area contributed by atoms with Crippen molar-refractivity contribution in [2.45, 2.75) is 36.4 Å². The third-order valence-electron chi connectivity index (χ3n) is 4.09. The van der Waals surface area contributed by atoms with Crippen LogP contribution in [0, 0.1) is 11.3 Å². The highest BCUT2D eigenvalue weighted by Crippen LogP contribution is 2.40. The Balaban J connectivity index is 2.21. The summed E-state index contributed by atoms with van der Waals surface area (Å²) in [4.78, 5) is 4.61. The number of nitriles is 1. The molecule has 0 amide bonds. The first-order valence-corrected chi connectivity index (χ1v) is 8.61. The molecule has 1 fully saturated rings. The standard InChI is InChI=1S/C15H16ClN3S/c1-20-13-7-3-5-11(13)19-12-6-2-4-10(9-17)15(12)18-14(19)8-16/h2,4,6,11,13H,3,5,7-8H2,1H3. The smallest absolute Gasteiger partial charge is 0.125 e. The van der Waals surface area contributed by atoms with Crippen molar-refractivity contribution in [3.05, 3.63) is 29.6 Å². The van der Waals surface area contributed by atoms with E-state index in [0.29, 0.717) is 22.7 Å². The number of fused-ring (bicyclic) bond motifs is 1. The van der Waals surface area contributed by atoms with Crippen LogP contribution >= 0.6 is 23.4 Å². The lowest BCUT2D eigenvalue weighted by Crippen LogP contribution is -2.17. The van der Waals surface area contributed by atoms with Gasteiger partial charge in [-0.25, -0.2) is 4.98 Å². The van der Waals surface area contributed by atoms with Gasteiger partial charge in [-0.2, -0.15) is 17.0 Å². The van der Waals surface area contributed by atoms with Gasteiger partial charge in [0.2, 0.25) is 0 Å². The van der Waals surface area contributed by atoms with E-state index in [1.165, 1.54) is 12.8 Å². The molecular weight excluding hydrogens is 290 g/mol. The lowest BCUT2D eigenvalue weighted by atomic mass is 10.2. The van der Waals surface area contributed by atoms with Gasteiger partial charge in [-0.15, -0.1) is 11.6 Å². The van der Waals surface area contributed by atoms with E-state index in [1.807, 2.05) is 23.9 Å². The Morgan fingerprint density at radius 3 is 3.05 bits per heavy atom. The minimum absolute atomic E-state index is 0.386. The number of halogens is 1. The van der Waals surface area contributed by atoms with Crippen molar-refractivity contribution in [3.63, 3.8) is 0 Å². The van der Waals surface area contributed by atoms with E-state index in [2.05, 4.69) is 27.9 Å². The third-order valence-corrected chi connectivity index (χ3v) is 5.48. The van der Waals surface area contributed by atoms with E-state index in [4.69, 9.17) is 11.6 Å². The SMILES string of the molecule is CSC1CCCC1n1c(CCl)nc2c(C#N)cccc21. The van der Waals surface area contributed by atoms with Gasteiger partial charge in [0.25, 0.3) is 0 Å². The minimum atomic E-state index is 0.386. The van der Waals surface area contributed by atoms with Crippen molar-refractivity contribution in [3.8, 4) is 6.07 Å². The van der Waals surface area contributed by atoms with Gasteiger partial charge >= 0.3 is 0 Å². The molecule has 1 aliphatic carbocycles. The molecule has 3 rings (SSSR count). The second kappa shape index (κ2) is 5.67. The predicted octanol–water partition coefficient (Wildman–Crippen LogP) is 4.10. The Hall–Kier alpha value is -1.18. The summed E-state index contributed by atoms with van der Waals surface area (Å²) in [6.45, 7) is 0. The van der Waals surface area contributed by atoms with Crippen LogP contribution in [0.1, 0.15) is 36.7 Å². The average Bonchev–Trinajstić information content (AvgIpc) is 3.09. The largest absolute Gasteiger partial charge is 0.323 e. The first-order valence-electron chi connectivity index (χ1n) is 6.78. The van der Waals surface area contributed by atoms with Crippen LogP contribution in [0.15, 0.2) is 18.2 Å². The molecule has 0 N–H and O–H groups in total. The molecule has 2 unspecified atom stereocenters. The lowest BCUT2D eigenvalue weighted by Gasteiger charge is -2.22. The molecule has 1 aromatic heterocycles. The number of benzene rings is 1. The van der Waals surface area contributed by atoms with Gasteiger partial charge in [0, 0.05) is 11.3 Å². The van der Waals surface area contributed by atoms with E-state index in [0.717, 1.165) is 23.3 Å². The maximum absolute atomic E-state index is 9.24. The second-order valence-corrected chi connectivity index (χ2v) is 6.43. The van der Waals surface area contributed by atoms with Gasteiger partial charge in [-0.05, 0) is 31.2 Å². The Labute approximate surface area is 127 Å². The van der Waals surface area contributed by atoms with E-state index in [1.54, 1.807) is 0 Å². The van der Waals surface area contributed by atoms with Crippen LogP contribution in [0.5, 0.6) is 0 Å². The maximum Gasteiger partial charge on any atom is 0.125 e. The van der Waals surface area contributed by atoms with Crippen LogP contribution in [0.4, 0.5) is 0 Å². The van der Waals surface area contributed by atoms with Crippen LogP contribution in [0.2, 0.25) is 0 Å². The van der Waals surface area contributed by atoms with Gasteiger partial charge in [0.1, 0.15) is 17.4 Å². The number of hydrogen-bond acceptors (Lipinski definition) is 3. The summed E-state index contributed by atoms with van der Waals surface area (Å²) in [6.07, 6.45) is 5.82. The van der Waals surface area contributed by atoms with Crippen molar-refractivity contribution in [1.82, 2.24) is 9.55 Å². The summed E-state index contributed by atoms with van der Waals surface area (Å²) in [7, 11) is 0. The topological polar surface area (TPSA) is 41.6 Å². The lowest BCUT2D eigenvalue weighted by molar-refractivity contribution is 0.528. The van der Waals surface area contributed by atoms with E-state index in [-0.39, 0.29) is 0 Å². The van der Waals surface area contributed by atoms with Gasteiger partial charge in [0.05, 0.1) is 17.0 Å². The number of hydrogen-bond donors (Lipinski definition) is 0. The molecule has 1 saturated carbocycles. The molecule has 1 heterocycles. The molecule has 1 aliphatic rings. The van der Waals surface area contributed by atoms with E-state index < -0.39 is 0 Å². The molecule has 5 heteroatoms. The number of thioether (sulfide) groups is 1. The average molecular weight is 306 g/mol. The number of rotatable bonds is 3. The maximum atomic E-state index is 9.24. The highest BCUT2D eigenvalue weighted by atomic mass is 35.5. The zero-order chi connectivity index (χ0) is 14.1. The van der Waals surface area contributed by atoms with Crippen LogP contribution in [-0.4, -0.2) is 21.1 Å².